The lowest BCUT2D eigenvalue weighted by Gasteiger charge is -2.10. The molecule has 0 aliphatic carbocycles. The van der Waals surface area contributed by atoms with Gasteiger partial charge in [0.1, 0.15) is 11.9 Å². The molecule has 15 heavy (non-hydrogen) atoms. The van der Waals surface area contributed by atoms with E-state index in [1.807, 2.05) is 6.92 Å². The van der Waals surface area contributed by atoms with Crippen LogP contribution in [-0.4, -0.2) is 24.1 Å². The SMILES string of the molecule is CCC(O)C(=O)c1ccc(OC)cc1C. The fourth-order valence-corrected chi connectivity index (χ4v) is 1.40. The molecule has 0 saturated carbocycles. The van der Waals surface area contributed by atoms with Crippen molar-refractivity contribution in [2.75, 3.05) is 7.11 Å². The molecule has 1 unspecified atom stereocenters. The van der Waals surface area contributed by atoms with E-state index in [1.54, 1.807) is 32.2 Å². The van der Waals surface area contributed by atoms with Gasteiger partial charge in [-0.2, -0.15) is 0 Å². The molecule has 1 aromatic rings. The predicted molar refractivity (Wildman–Crippen MR) is 58.4 cm³/mol. The lowest BCUT2D eigenvalue weighted by molar-refractivity contribution is 0.0740. The van der Waals surface area contributed by atoms with Gasteiger partial charge in [-0.05, 0) is 37.1 Å². The van der Waals surface area contributed by atoms with Gasteiger partial charge < -0.3 is 9.84 Å². The molecule has 3 heteroatoms. The number of aliphatic hydroxyl groups excluding tert-OH is 1. The summed E-state index contributed by atoms with van der Waals surface area (Å²) in [4.78, 5) is 11.7. The summed E-state index contributed by atoms with van der Waals surface area (Å²) in [6.07, 6.45) is -0.471. The van der Waals surface area contributed by atoms with Crippen LogP contribution in [0.15, 0.2) is 18.2 Å². The quantitative estimate of drug-likeness (QED) is 0.769. The number of ether oxygens (including phenoxy) is 1. The number of aliphatic hydroxyl groups is 1. The molecule has 0 spiro atoms. The Labute approximate surface area is 89.7 Å². The van der Waals surface area contributed by atoms with Crippen molar-refractivity contribution in [2.24, 2.45) is 0 Å². The van der Waals surface area contributed by atoms with Gasteiger partial charge in [0.25, 0.3) is 0 Å². The van der Waals surface area contributed by atoms with Crippen LogP contribution in [0.25, 0.3) is 0 Å². The van der Waals surface area contributed by atoms with E-state index in [1.165, 1.54) is 0 Å². The standard InChI is InChI=1S/C12H16O3/c1-4-11(13)12(14)10-6-5-9(15-3)7-8(10)2/h5-7,11,13H,4H2,1-3H3. The summed E-state index contributed by atoms with van der Waals surface area (Å²) in [7, 11) is 1.58. The smallest absolute Gasteiger partial charge is 0.191 e. The van der Waals surface area contributed by atoms with E-state index < -0.39 is 6.10 Å². The molecule has 0 aliphatic rings. The van der Waals surface area contributed by atoms with E-state index in [0.29, 0.717) is 12.0 Å². The number of benzene rings is 1. The highest BCUT2D eigenvalue weighted by atomic mass is 16.5. The maximum Gasteiger partial charge on any atom is 0.191 e. The second kappa shape index (κ2) is 4.94. The van der Waals surface area contributed by atoms with Crippen molar-refractivity contribution in [2.45, 2.75) is 26.4 Å². The zero-order valence-electron chi connectivity index (χ0n) is 9.28. The minimum absolute atomic E-state index is 0.224. The van der Waals surface area contributed by atoms with Crippen molar-refractivity contribution < 1.29 is 14.6 Å². The molecular weight excluding hydrogens is 192 g/mol. The fourth-order valence-electron chi connectivity index (χ4n) is 1.40. The molecule has 3 nitrogen and oxygen atoms in total. The first kappa shape index (κ1) is 11.7. The third-order valence-corrected chi connectivity index (χ3v) is 2.39. The highest BCUT2D eigenvalue weighted by molar-refractivity contribution is 6.00. The number of hydrogen-bond acceptors (Lipinski definition) is 3. The van der Waals surface area contributed by atoms with Crippen LogP contribution in [-0.2, 0) is 0 Å². The first-order valence-electron chi connectivity index (χ1n) is 4.97. The zero-order valence-corrected chi connectivity index (χ0v) is 9.28. The van der Waals surface area contributed by atoms with Crippen LogP contribution in [0.4, 0.5) is 0 Å². The average molecular weight is 208 g/mol. The second-order valence-corrected chi connectivity index (χ2v) is 3.47. The van der Waals surface area contributed by atoms with Crippen molar-refractivity contribution >= 4 is 5.78 Å². The molecule has 0 saturated heterocycles. The summed E-state index contributed by atoms with van der Waals surface area (Å²) >= 11 is 0. The summed E-state index contributed by atoms with van der Waals surface area (Å²) < 4.78 is 5.04. The van der Waals surface area contributed by atoms with Gasteiger partial charge in [0.05, 0.1) is 7.11 Å². The lowest BCUT2D eigenvalue weighted by atomic mass is 10.00. The van der Waals surface area contributed by atoms with Crippen LogP contribution >= 0.6 is 0 Å². The van der Waals surface area contributed by atoms with E-state index in [9.17, 15) is 9.90 Å². The molecule has 1 aromatic carbocycles. The Balaban J connectivity index is 3.00. The third-order valence-electron chi connectivity index (χ3n) is 2.39. The normalized spacial score (nSPS) is 12.3. The Morgan fingerprint density at radius 3 is 2.67 bits per heavy atom. The minimum atomic E-state index is -0.905. The van der Waals surface area contributed by atoms with E-state index in [4.69, 9.17) is 4.74 Å². The van der Waals surface area contributed by atoms with Crippen LogP contribution < -0.4 is 4.74 Å². The first-order valence-corrected chi connectivity index (χ1v) is 4.97. The van der Waals surface area contributed by atoms with Crippen molar-refractivity contribution in [1.82, 2.24) is 0 Å². The van der Waals surface area contributed by atoms with Gasteiger partial charge in [0.2, 0.25) is 0 Å². The number of rotatable bonds is 4. The first-order chi connectivity index (χ1) is 7.10. The van der Waals surface area contributed by atoms with Crippen LogP contribution in [0.3, 0.4) is 0 Å². The highest BCUT2D eigenvalue weighted by Gasteiger charge is 2.17. The molecule has 82 valence electrons. The van der Waals surface area contributed by atoms with Gasteiger partial charge in [-0.3, -0.25) is 4.79 Å². The van der Waals surface area contributed by atoms with E-state index in [-0.39, 0.29) is 5.78 Å². The predicted octanol–water partition coefficient (Wildman–Crippen LogP) is 1.96. The Hall–Kier alpha value is -1.35. The Bertz CT molecular complexity index is 358. The highest BCUT2D eigenvalue weighted by Crippen LogP contribution is 2.18. The molecule has 0 radical (unpaired) electrons. The number of carbonyl (C=O) groups excluding carboxylic acids is 1. The molecule has 0 aromatic heterocycles. The molecular formula is C12H16O3. The van der Waals surface area contributed by atoms with Gasteiger partial charge in [-0.15, -0.1) is 0 Å². The molecule has 1 N–H and O–H groups in total. The summed E-state index contributed by atoms with van der Waals surface area (Å²) in [5.74, 6) is 0.493. The second-order valence-electron chi connectivity index (χ2n) is 3.47. The molecule has 1 atom stereocenters. The Morgan fingerprint density at radius 2 is 2.20 bits per heavy atom. The molecule has 0 fully saturated rings. The minimum Gasteiger partial charge on any atom is -0.497 e. The lowest BCUT2D eigenvalue weighted by Crippen LogP contribution is -2.20. The van der Waals surface area contributed by atoms with Crippen LogP contribution in [0, 0.1) is 6.92 Å². The van der Waals surface area contributed by atoms with Gasteiger partial charge >= 0.3 is 0 Å². The van der Waals surface area contributed by atoms with E-state index >= 15 is 0 Å². The summed E-state index contributed by atoms with van der Waals surface area (Å²) in [6, 6.07) is 5.20. The van der Waals surface area contributed by atoms with Gasteiger partial charge in [0, 0.05) is 5.56 Å². The topological polar surface area (TPSA) is 46.5 Å². The number of aryl methyl sites for hydroxylation is 1. The molecule has 0 heterocycles. The van der Waals surface area contributed by atoms with E-state index in [0.717, 1.165) is 11.3 Å². The van der Waals surface area contributed by atoms with Crippen molar-refractivity contribution in [1.29, 1.82) is 0 Å². The zero-order chi connectivity index (χ0) is 11.4. The largest absolute Gasteiger partial charge is 0.497 e. The maximum atomic E-state index is 11.7. The Morgan fingerprint density at radius 1 is 1.53 bits per heavy atom. The number of methoxy groups -OCH3 is 1. The van der Waals surface area contributed by atoms with Crippen LogP contribution in [0.5, 0.6) is 5.75 Å². The number of ketones is 1. The monoisotopic (exact) mass is 208 g/mol. The molecule has 0 amide bonds. The molecule has 0 bridgehead atoms. The van der Waals surface area contributed by atoms with Gasteiger partial charge in [-0.25, -0.2) is 0 Å². The van der Waals surface area contributed by atoms with Gasteiger partial charge in [0.15, 0.2) is 5.78 Å². The third kappa shape index (κ3) is 2.57. The van der Waals surface area contributed by atoms with Gasteiger partial charge in [-0.1, -0.05) is 6.92 Å². The maximum absolute atomic E-state index is 11.7. The van der Waals surface area contributed by atoms with Crippen molar-refractivity contribution in [3.8, 4) is 5.75 Å². The number of Topliss-reactive ketones (excluding diaryl/α,β-unsaturated/α-hetero) is 1. The van der Waals surface area contributed by atoms with E-state index in [2.05, 4.69) is 0 Å². The molecule has 1 rings (SSSR count). The van der Waals surface area contributed by atoms with Crippen molar-refractivity contribution in [3.05, 3.63) is 29.3 Å². The number of hydrogen-bond donors (Lipinski definition) is 1. The van der Waals surface area contributed by atoms with Crippen LogP contribution in [0.2, 0.25) is 0 Å². The molecule has 0 aliphatic heterocycles. The summed E-state index contributed by atoms with van der Waals surface area (Å²) in [6.45, 7) is 3.61. The van der Waals surface area contributed by atoms with Crippen molar-refractivity contribution in [3.63, 3.8) is 0 Å². The Kier molecular flexibility index (Phi) is 3.86. The fraction of sp³-hybridized carbons (Fsp3) is 0.417. The van der Waals surface area contributed by atoms with Crippen LogP contribution in [0.1, 0.15) is 29.3 Å². The summed E-state index contributed by atoms with van der Waals surface area (Å²) in [5.41, 5.74) is 1.39. The summed E-state index contributed by atoms with van der Waals surface area (Å²) in [5, 5.41) is 9.45. The average Bonchev–Trinajstić information content (AvgIpc) is 2.26. The number of carbonyl (C=O) groups is 1.